The van der Waals surface area contributed by atoms with Crippen molar-refractivity contribution < 1.29 is 21.6 Å². The Balaban J connectivity index is 1.89. The van der Waals surface area contributed by atoms with E-state index in [0.29, 0.717) is 18.2 Å². The van der Waals surface area contributed by atoms with E-state index in [0.717, 1.165) is 12.1 Å². The highest BCUT2D eigenvalue weighted by molar-refractivity contribution is 7.92. The molecule has 1 saturated heterocycles. The maximum absolute atomic E-state index is 13.2. The van der Waals surface area contributed by atoms with Gasteiger partial charge in [0.25, 0.3) is 0 Å². The number of benzene rings is 1. The first-order valence-corrected chi connectivity index (χ1v) is 9.45. The summed E-state index contributed by atoms with van der Waals surface area (Å²) in [5, 5.41) is -0.962. The number of anilines is 1. The van der Waals surface area contributed by atoms with Crippen LogP contribution < -0.4 is 10.6 Å². The molecule has 0 saturated carbocycles. The van der Waals surface area contributed by atoms with E-state index in [1.165, 1.54) is 18.3 Å². The lowest BCUT2D eigenvalue weighted by atomic mass is 10.2. The number of nitrogens with two attached hydrogens (primary N) is 1. The zero-order chi connectivity index (χ0) is 18.9. The van der Waals surface area contributed by atoms with Crippen LogP contribution in [0.25, 0.3) is 0 Å². The number of sulfone groups is 1. The SMILES string of the molecule is NCc1ccnc(N2CCC(S(=O)(=O)c3ccccc3C(F)(F)F)C2)n1. The van der Waals surface area contributed by atoms with Gasteiger partial charge in [-0.2, -0.15) is 13.2 Å². The van der Waals surface area contributed by atoms with E-state index in [-0.39, 0.29) is 19.5 Å². The Morgan fingerprint density at radius 3 is 2.65 bits per heavy atom. The predicted molar refractivity (Wildman–Crippen MR) is 89.2 cm³/mol. The largest absolute Gasteiger partial charge is 0.417 e. The van der Waals surface area contributed by atoms with Crippen LogP contribution >= 0.6 is 0 Å². The summed E-state index contributed by atoms with van der Waals surface area (Å²) in [4.78, 5) is 9.30. The zero-order valence-corrected chi connectivity index (χ0v) is 14.5. The highest BCUT2D eigenvalue weighted by Gasteiger charge is 2.41. The van der Waals surface area contributed by atoms with E-state index in [1.54, 1.807) is 11.0 Å². The van der Waals surface area contributed by atoms with Crippen molar-refractivity contribution in [1.29, 1.82) is 0 Å². The number of alkyl halides is 3. The number of nitrogens with zero attached hydrogens (tertiary/aromatic N) is 3. The van der Waals surface area contributed by atoms with Gasteiger partial charge in [-0.1, -0.05) is 12.1 Å². The van der Waals surface area contributed by atoms with Crippen molar-refractivity contribution in [3.63, 3.8) is 0 Å². The molecule has 0 bridgehead atoms. The van der Waals surface area contributed by atoms with Crippen LogP contribution in [0.3, 0.4) is 0 Å². The van der Waals surface area contributed by atoms with Crippen LogP contribution in [-0.2, 0) is 22.6 Å². The first-order valence-electron chi connectivity index (χ1n) is 7.90. The monoisotopic (exact) mass is 386 g/mol. The fraction of sp³-hybridized carbons (Fsp3) is 0.375. The smallest absolute Gasteiger partial charge is 0.339 e. The number of halogens is 3. The van der Waals surface area contributed by atoms with Crippen molar-refractivity contribution in [2.24, 2.45) is 5.73 Å². The number of hydrogen-bond donors (Lipinski definition) is 1. The molecule has 3 rings (SSSR count). The van der Waals surface area contributed by atoms with Gasteiger partial charge in [0, 0.05) is 25.8 Å². The van der Waals surface area contributed by atoms with E-state index >= 15 is 0 Å². The molecule has 140 valence electrons. The zero-order valence-electron chi connectivity index (χ0n) is 13.6. The second-order valence-electron chi connectivity index (χ2n) is 5.95. The number of rotatable bonds is 4. The number of aromatic nitrogens is 2. The van der Waals surface area contributed by atoms with Gasteiger partial charge in [0.05, 0.1) is 21.4 Å². The van der Waals surface area contributed by atoms with Gasteiger partial charge in [-0.05, 0) is 24.6 Å². The Kier molecular flexibility index (Phi) is 4.89. The van der Waals surface area contributed by atoms with Crippen molar-refractivity contribution in [3.8, 4) is 0 Å². The summed E-state index contributed by atoms with van der Waals surface area (Å²) in [6.45, 7) is 0.582. The molecule has 1 aromatic carbocycles. The lowest BCUT2D eigenvalue weighted by Gasteiger charge is -2.18. The molecule has 6 nitrogen and oxygen atoms in total. The topological polar surface area (TPSA) is 89.2 Å². The van der Waals surface area contributed by atoms with Gasteiger partial charge >= 0.3 is 6.18 Å². The summed E-state index contributed by atoms with van der Waals surface area (Å²) >= 11 is 0. The third-order valence-electron chi connectivity index (χ3n) is 4.28. The third-order valence-corrected chi connectivity index (χ3v) is 6.51. The second-order valence-corrected chi connectivity index (χ2v) is 8.14. The van der Waals surface area contributed by atoms with E-state index in [4.69, 9.17) is 5.73 Å². The summed E-state index contributed by atoms with van der Waals surface area (Å²) in [5.41, 5.74) is 5.00. The first kappa shape index (κ1) is 18.6. The standard InChI is InChI=1S/C16H17F3N4O2S/c17-16(18,19)13-3-1-2-4-14(13)26(24,25)12-6-8-23(10-12)15-21-7-5-11(9-20)22-15/h1-5,7,12H,6,8-10,20H2. The Hall–Kier alpha value is -2.20. The van der Waals surface area contributed by atoms with Gasteiger partial charge in [0.1, 0.15) is 0 Å². The molecular weight excluding hydrogens is 369 g/mol. The van der Waals surface area contributed by atoms with Crippen LogP contribution in [0.15, 0.2) is 41.4 Å². The van der Waals surface area contributed by atoms with E-state index in [1.807, 2.05) is 0 Å². The summed E-state index contributed by atoms with van der Waals surface area (Å²) < 4.78 is 65.2. The minimum atomic E-state index is -4.74. The highest BCUT2D eigenvalue weighted by Crippen LogP contribution is 2.36. The van der Waals surface area contributed by atoms with Crippen molar-refractivity contribution in [2.75, 3.05) is 18.0 Å². The lowest BCUT2D eigenvalue weighted by molar-refractivity contribution is -0.139. The Bertz CT molecular complexity index is 902. The van der Waals surface area contributed by atoms with E-state index in [2.05, 4.69) is 9.97 Å². The van der Waals surface area contributed by atoms with Gasteiger partial charge in [-0.25, -0.2) is 18.4 Å². The fourth-order valence-electron chi connectivity index (χ4n) is 2.94. The van der Waals surface area contributed by atoms with Crippen LogP contribution in [0.5, 0.6) is 0 Å². The molecule has 10 heteroatoms. The minimum absolute atomic E-state index is 0.0303. The average Bonchev–Trinajstić information content (AvgIpc) is 3.12. The van der Waals surface area contributed by atoms with Crippen LogP contribution in [0, 0.1) is 0 Å². The Morgan fingerprint density at radius 2 is 1.96 bits per heavy atom. The van der Waals surface area contributed by atoms with E-state index < -0.39 is 31.7 Å². The van der Waals surface area contributed by atoms with Gasteiger partial charge in [0.2, 0.25) is 5.95 Å². The lowest BCUT2D eigenvalue weighted by Crippen LogP contribution is -2.29. The van der Waals surface area contributed by atoms with Crippen LogP contribution in [0.2, 0.25) is 0 Å². The molecule has 0 amide bonds. The molecule has 1 unspecified atom stereocenters. The quantitative estimate of drug-likeness (QED) is 0.865. The normalized spacial score (nSPS) is 18.3. The predicted octanol–water partition coefficient (Wildman–Crippen LogP) is 2.01. The van der Waals surface area contributed by atoms with Crippen molar-refractivity contribution in [2.45, 2.75) is 29.3 Å². The third kappa shape index (κ3) is 3.51. The molecule has 26 heavy (non-hydrogen) atoms. The molecule has 1 aliphatic rings. The van der Waals surface area contributed by atoms with Crippen molar-refractivity contribution in [1.82, 2.24) is 9.97 Å². The molecule has 1 atom stereocenters. The number of hydrogen-bond acceptors (Lipinski definition) is 6. The van der Waals surface area contributed by atoms with Gasteiger partial charge in [-0.15, -0.1) is 0 Å². The Labute approximate surface area is 148 Å². The molecule has 1 fully saturated rings. The second kappa shape index (κ2) is 6.84. The molecule has 2 N–H and O–H groups in total. The molecule has 0 spiro atoms. The summed E-state index contributed by atoms with van der Waals surface area (Å²) in [5.74, 6) is 0.328. The summed E-state index contributed by atoms with van der Waals surface area (Å²) in [6.07, 6.45) is -3.02. The first-order chi connectivity index (χ1) is 12.2. The fourth-order valence-corrected chi connectivity index (χ4v) is 4.85. The average molecular weight is 386 g/mol. The summed E-state index contributed by atoms with van der Waals surface area (Å²) in [7, 11) is -4.15. The van der Waals surface area contributed by atoms with Crippen LogP contribution in [-0.4, -0.2) is 36.7 Å². The molecular formula is C16H17F3N4O2S. The van der Waals surface area contributed by atoms with Crippen LogP contribution in [0.4, 0.5) is 19.1 Å². The van der Waals surface area contributed by atoms with Crippen molar-refractivity contribution >= 4 is 15.8 Å². The molecule has 1 aromatic heterocycles. The molecule has 0 aliphatic carbocycles. The molecule has 0 radical (unpaired) electrons. The maximum Gasteiger partial charge on any atom is 0.417 e. The van der Waals surface area contributed by atoms with Gasteiger partial charge in [0.15, 0.2) is 9.84 Å². The maximum atomic E-state index is 13.2. The molecule has 2 aromatic rings. The van der Waals surface area contributed by atoms with Gasteiger partial charge in [-0.3, -0.25) is 0 Å². The van der Waals surface area contributed by atoms with Crippen molar-refractivity contribution in [3.05, 3.63) is 47.8 Å². The highest BCUT2D eigenvalue weighted by atomic mass is 32.2. The Morgan fingerprint density at radius 1 is 1.23 bits per heavy atom. The summed E-state index contributed by atoms with van der Waals surface area (Å²) in [6, 6.07) is 5.91. The van der Waals surface area contributed by atoms with E-state index in [9.17, 15) is 21.6 Å². The molecule has 2 heterocycles. The molecule has 1 aliphatic heterocycles. The minimum Gasteiger partial charge on any atom is -0.339 e. The van der Waals surface area contributed by atoms with Gasteiger partial charge < -0.3 is 10.6 Å². The van der Waals surface area contributed by atoms with Crippen LogP contribution in [0.1, 0.15) is 17.7 Å².